The predicted molar refractivity (Wildman–Crippen MR) is 38.2 cm³/mol. The largest absolute Gasteiger partial charge is 0.475 e. The Labute approximate surface area is 65.4 Å². The minimum absolute atomic E-state index is 0.0190. The normalized spacial score (nSPS) is 9.70. The summed E-state index contributed by atoms with van der Waals surface area (Å²) in [7, 11) is 0. The van der Waals surface area contributed by atoms with Gasteiger partial charge in [0.05, 0.1) is 0 Å². The molecule has 54 valence electrons. The Balaban J connectivity index is 2.88. The third kappa shape index (κ3) is 1.36. The molecule has 0 fully saturated rings. The maximum Gasteiger partial charge on any atom is 0.371 e. The van der Waals surface area contributed by atoms with Crippen LogP contribution < -0.4 is 0 Å². The van der Waals surface area contributed by atoms with Crippen LogP contribution in [0.3, 0.4) is 0 Å². The van der Waals surface area contributed by atoms with Gasteiger partial charge in [0.2, 0.25) is 5.82 Å². The van der Waals surface area contributed by atoms with Crippen molar-refractivity contribution in [2.45, 2.75) is 5.33 Å². The first kappa shape index (κ1) is 7.27. The van der Waals surface area contributed by atoms with E-state index in [1.165, 1.54) is 6.20 Å². The maximum atomic E-state index is 10.2. The van der Waals surface area contributed by atoms with Crippen LogP contribution in [0.1, 0.15) is 16.3 Å². The van der Waals surface area contributed by atoms with Crippen LogP contribution in [0.5, 0.6) is 0 Å². The van der Waals surface area contributed by atoms with Crippen LogP contribution in [0, 0.1) is 0 Å². The van der Waals surface area contributed by atoms with Crippen molar-refractivity contribution in [1.29, 1.82) is 0 Å². The van der Waals surface area contributed by atoms with E-state index in [9.17, 15) is 4.79 Å². The van der Waals surface area contributed by atoms with Crippen LogP contribution >= 0.6 is 15.9 Å². The Hall–Kier alpha value is -0.840. The van der Waals surface area contributed by atoms with Gasteiger partial charge < -0.3 is 10.1 Å². The molecule has 0 saturated heterocycles. The number of aromatic nitrogens is 2. The molecule has 0 amide bonds. The Morgan fingerprint density at radius 3 is 2.90 bits per heavy atom. The van der Waals surface area contributed by atoms with Crippen molar-refractivity contribution in [1.82, 2.24) is 9.97 Å². The molecular weight excluding hydrogens is 200 g/mol. The summed E-state index contributed by atoms with van der Waals surface area (Å²) >= 11 is 3.16. The highest BCUT2D eigenvalue weighted by molar-refractivity contribution is 9.08. The van der Waals surface area contributed by atoms with Crippen molar-refractivity contribution in [2.24, 2.45) is 0 Å². The van der Waals surface area contributed by atoms with Gasteiger partial charge in [-0.3, -0.25) is 0 Å². The fourth-order valence-corrected chi connectivity index (χ4v) is 0.821. The van der Waals surface area contributed by atoms with E-state index in [1.54, 1.807) is 0 Å². The summed E-state index contributed by atoms with van der Waals surface area (Å²) in [5, 5.41) is 8.98. The number of carboxylic acids is 1. The summed E-state index contributed by atoms with van der Waals surface area (Å²) in [6, 6.07) is 0. The predicted octanol–water partition coefficient (Wildman–Crippen LogP) is 1.00. The van der Waals surface area contributed by atoms with E-state index in [1.807, 2.05) is 0 Å². The number of aromatic amines is 1. The van der Waals surface area contributed by atoms with Crippen molar-refractivity contribution in [2.75, 3.05) is 0 Å². The highest BCUT2D eigenvalue weighted by Crippen LogP contribution is 2.01. The van der Waals surface area contributed by atoms with Gasteiger partial charge in [-0.2, -0.15) is 0 Å². The fourth-order valence-electron chi connectivity index (χ4n) is 0.536. The summed E-state index contributed by atoms with van der Waals surface area (Å²) in [6.45, 7) is 0. The molecule has 1 aromatic rings. The van der Waals surface area contributed by atoms with Crippen LogP contribution in [0.25, 0.3) is 0 Å². The van der Waals surface area contributed by atoms with Crippen LogP contribution in [0.4, 0.5) is 0 Å². The summed E-state index contributed by atoms with van der Waals surface area (Å²) in [5.74, 6) is -1.05. The number of carboxylic acid groups (broad SMARTS) is 1. The van der Waals surface area contributed by atoms with Crippen molar-refractivity contribution < 1.29 is 9.90 Å². The highest BCUT2D eigenvalue weighted by Gasteiger charge is 2.05. The lowest BCUT2D eigenvalue weighted by Gasteiger charge is -1.83. The Morgan fingerprint density at radius 2 is 2.60 bits per heavy atom. The first-order chi connectivity index (χ1) is 4.74. The quantitative estimate of drug-likeness (QED) is 0.707. The molecule has 2 N–H and O–H groups in total. The molecule has 1 heterocycles. The van der Waals surface area contributed by atoms with E-state index in [4.69, 9.17) is 5.11 Å². The van der Waals surface area contributed by atoms with Gasteiger partial charge in [-0.1, -0.05) is 15.9 Å². The standard InChI is InChI=1S/C5H5BrN2O2/c6-1-3-2-7-4(8-3)5(9)10/h2H,1H2,(H,7,8)(H,9,10). The summed E-state index contributed by atoms with van der Waals surface area (Å²) < 4.78 is 0. The summed E-state index contributed by atoms with van der Waals surface area (Å²) in [6.07, 6.45) is 1.48. The lowest BCUT2D eigenvalue weighted by Crippen LogP contribution is -1.98. The molecule has 0 spiro atoms. The number of nitrogens with zero attached hydrogens (tertiary/aromatic N) is 1. The number of rotatable bonds is 2. The molecule has 0 aliphatic heterocycles. The van der Waals surface area contributed by atoms with Gasteiger partial charge in [-0.15, -0.1) is 0 Å². The van der Waals surface area contributed by atoms with E-state index >= 15 is 0 Å². The van der Waals surface area contributed by atoms with E-state index in [0.29, 0.717) is 5.33 Å². The van der Waals surface area contributed by atoms with E-state index in [2.05, 4.69) is 25.9 Å². The maximum absolute atomic E-state index is 10.2. The number of H-pyrrole nitrogens is 1. The molecule has 0 bridgehead atoms. The first-order valence-corrected chi connectivity index (χ1v) is 3.69. The fraction of sp³-hybridized carbons (Fsp3) is 0.200. The molecule has 0 aliphatic rings. The van der Waals surface area contributed by atoms with E-state index < -0.39 is 5.97 Å². The number of imidazole rings is 1. The van der Waals surface area contributed by atoms with Crippen molar-refractivity contribution in [3.8, 4) is 0 Å². The molecule has 0 saturated carbocycles. The van der Waals surface area contributed by atoms with Gasteiger partial charge in [-0.05, 0) is 0 Å². The molecule has 0 aliphatic carbocycles. The molecule has 0 radical (unpaired) electrons. The molecule has 0 atom stereocenters. The Kier molecular flexibility index (Phi) is 2.06. The average Bonchev–Trinajstić information content (AvgIpc) is 2.34. The van der Waals surface area contributed by atoms with E-state index in [0.717, 1.165) is 5.69 Å². The number of halogens is 1. The topological polar surface area (TPSA) is 66.0 Å². The monoisotopic (exact) mass is 204 g/mol. The van der Waals surface area contributed by atoms with Crippen LogP contribution in [0.2, 0.25) is 0 Å². The zero-order valence-electron chi connectivity index (χ0n) is 4.97. The number of aromatic carboxylic acids is 1. The van der Waals surface area contributed by atoms with E-state index in [-0.39, 0.29) is 5.82 Å². The van der Waals surface area contributed by atoms with Crippen molar-refractivity contribution in [3.63, 3.8) is 0 Å². The molecule has 0 aromatic carbocycles. The van der Waals surface area contributed by atoms with Gasteiger partial charge >= 0.3 is 5.97 Å². The summed E-state index contributed by atoms with van der Waals surface area (Å²) in [5.41, 5.74) is 0.761. The van der Waals surface area contributed by atoms with Gasteiger partial charge in [0.25, 0.3) is 0 Å². The third-order valence-corrected chi connectivity index (χ3v) is 1.58. The molecule has 1 rings (SSSR count). The smallest absolute Gasteiger partial charge is 0.371 e. The number of carbonyl (C=O) groups is 1. The zero-order valence-corrected chi connectivity index (χ0v) is 6.55. The number of hydrogen-bond donors (Lipinski definition) is 2. The van der Waals surface area contributed by atoms with Gasteiger partial charge in [0.1, 0.15) is 0 Å². The zero-order chi connectivity index (χ0) is 7.56. The van der Waals surface area contributed by atoms with Crippen molar-refractivity contribution >= 4 is 21.9 Å². The van der Waals surface area contributed by atoms with Gasteiger partial charge in [0.15, 0.2) is 0 Å². The molecule has 0 unspecified atom stereocenters. The highest BCUT2D eigenvalue weighted by atomic mass is 79.9. The van der Waals surface area contributed by atoms with Gasteiger partial charge in [0, 0.05) is 17.2 Å². The Bertz CT molecular complexity index is 246. The lowest BCUT2D eigenvalue weighted by atomic mass is 10.6. The van der Waals surface area contributed by atoms with Crippen LogP contribution in [-0.2, 0) is 5.33 Å². The SMILES string of the molecule is O=C(O)c1ncc(CBr)[nH]1. The molecular formula is C5H5BrN2O2. The second kappa shape index (κ2) is 2.83. The minimum atomic E-state index is -1.03. The van der Waals surface area contributed by atoms with Crippen molar-refractivity contribution in [3.05, 3.63) is 17.7 Å². The summed E-state index contributed by atoms with van der Waals surface area (Å²) in [4.78, 5) is 16.4. The minimum Gasteiger partial charge on any atom is -0.475 e. The Morgan fingerprint density at radius 1 is 1.90 bits per heavy atom. The number of nitrogens with one attached hydrogen (secondary N) is 1. The van der Waals surface area contributed by atoms with Crippen LogP contribution in [-0.4, -0.2) is 21.0 Å². The molecule has 1 aromatic heterocycles. The second-order valence-corrected chi connectivity index (χ2v) is 2.26. The number of alkyl halides is 1. The molecule has 10 heavy (non-hydrogen) atoms. The van der Waals surface area contributed by atoms with Gasteiger partial charge in [-0.25, -0.2) is 9.78 Å². The number of hydrogen-bond acceptors (Lipinski definition) is 2. The first-order valence-electron chi connectivity index (χ1n) is 2.57. The third-order valence-electron chi connectivity index (χ3n) is 0.975. The van der Waals surface area contributed by atoms with Crippen LogP contribution in [0.15, 0.2) is 6.20 Å². The second-order valence-electron chi connectivity index (χ2n) is 1.70. The average molecular weight is 205 g/mol. The molecule has 5 heteroatoms. The lowest BCUT2D eigenvalue weighted by molar-refractivity contribution is 0.0684. The molecule has 4 nitrogen and oxygen atoms in total.